The lowest BCUT2D eigenvalue weighted by molar-refractivity contribution is -0.127. The lowest BCUT2D eigenvalue weighted by atomic mass is 9.85. The van der Waals surface area contributed by atoms with Crippen molar-refractivity contribution in [1.82, 2.24) is 10.2 Å². The number of rotatable bonds is 5. The lowest BCUT2D eigenvalue weighted by Gasteiger charge is -2.36. The second-order valence-corrected chi connectivity index (χ2v) is 7.50. The van der Waals surface area contributed by atoms with Gasteiger partial charge in [0.1, 0.15) is 0 Å². The van der Waals surface area contributed by atoms with Gasteiger partial charge in [-0.2, -0.15) is 0 Å². The van der Waals surface area contributed by atoms with E-state index in [9.17, 15) is 4.79 Å². The van der Waals surface area contributed by atoms with Gasteiger partial charge < -0.3 is 10.1 Å². The summed E-state index contributed by atoms with van der Waals surface area (Å²) in [5, 5.41) is 3.06. The van der Waals surface area contributed by atoms with Crippen LogP contribution in [0.25, 0.3) is 0 Å². The second-order valence-electron chi connectivity index (χ2n) is 7.50. The Morgan fingerprint density at radius 1 is 1.35 bits per heavy atom. The first kappa shape index (κ1) is 15.8. The number of nitrogens with zero attached hydrogens (tertiary/aromatic N) is 1. The second kappa shape index (κ2) is 6.90. The normalized spacial score (nSPS) is 25.2. The van der Waals surface area contributed by atoms with Crippen molar-refractivity contribution < 1.29 is 9.53 Å². The smallest absolute Gasteiger partial charge is 0.223 e. The van der Waals surface area contributed by atoms with Gasteiger partial charge in [0.05, 0.1) is 12.7 Å². The third-order valence-electron chi connectivity index (χ3n) is 4.16. The average molecular weight is 282 g/mol. The minimum absolute atomic E-state index is 0.249. The number of carbonyl (C=O) groups is 1. The first-order valence-electron chi connectivity index (χ1n) is 8.06. The first-order chi connectivity index (χ1) is 9.44. The molecule has 0 aromatic heterocycles. The molecule has 1 heterocycles. The number of hydrogen-bond donors (Lipinski definition) is 1. The number of carbonyl (C=O) groups excluding carboxylic acids is 1. The van der Waals surface area contributed by atoms with Gasteiger partial charge in [-0.25, -0.2) is 0 Å². The maximum atomic E-state index is 11.8. The summed E-state index contributed by atoms with van der Waals surface area (Å²) in [6.07, 6.45) is 4.56. The Morgan fingerprint density at radius 3 is 2.70 bits per heavy atom. The molecule has 1 N–H and O–H groups in total. The fourth-order valence-electron chi connectivity index (χ4n) is 2.94. The van der Waals surface area contributed by atoms with Gasteiger partial charge in [-0.1, -0.05) is 27.2 Å². The molecule has 4 nitrogen and oxygen atoms in total. The molecule has 1 saturated carbocycles. The van der Waals surface area contributed by atoms with E-state index < -0.39 is 0 Å². The topological polar surface area (TPSA) is 41.6 Å². The summed E-state index contributed by atoms with van der Waals surface area (Å²) in [5.74, 6) is 0.540. The molecule has 0 bridgehead atoms. The zero-order valence-electron chi connectivity index (χ0n) is 13.3. The highest BCUT2D eigenvalue weighted by molar-refractivity contribution is 5.79. The molecule has 1 amide bonds. The van der Waals surface area contributed by atoms with Gasteiger partial charge in [-0.3, -0.25) is 9.69 Å². The van der Waals surface area contributed by atoms with Crippen LogP contribution < -0.4 is 5.32 Å². The zero-order valence-corrected chi connectivity index (χ0v) is 13.3. The van der Waals surface area contributed by atoms with Gasteiger partial charge in [-0.05, 0) is 24.7 Å². The third-order valence-corrected chi connectivity index (χ3v) is 4.16. The Balaban J connectivity index is 1.63. The maximum absolute atomic E-state index is 11.8. The van der Waals surface area contributed by atoms with Crippen molar-refractivity contribution in [3.8, 4) is 0 Å². The predicted molar refractivity (Wildman–Crippen MR) is 80.6 cm³/mol. The van der Waals surface area contributed by atoms with Crippen LogP contribution in [0, 0.1) is 11.3 Å². The predicted octanol–water partition coefficient (Wildman–Crippen LogP) is 2.04. The number of nitrogens with one attached hydrogen (secondary N) is 1. The Labute approximate surface area is 123 Å². The fourth-order valence-corrected chi connectivity index (χ4v) is 2.94. The van der Waals surface area contributed by atoms with Gasteiger partial charge in [0.25, 0.3) is 0 Å². The number of morpholine rings is 1. The average Bonchev–Trinajstić information content (AvgIpc) is 2.24. The Morgan fingerprint density at radius 2 is 2.10 bits per heavy atom. The van der Waals surface area contributed by atoms with Crippen LogP contribution in [0.4, 0.5) is 0 Å². The van der Waals surface area contributed by atoms with Crippen LogP contribution >= 0.6 is 0 Å². The standard InChI is InChI=1S/C16H30N2O2/c1-16(2,3)12-18-9-10-20-14(11-18)7-8-17-15(19)13-5-4-6-13/h13-14H,4-12H2,1-3H3,(H,17,19)/t14-/m1/s1. The van der Waals surface area contributed by atoms with Crippen molar-refractivity contribution in [3.05, 3.63) is 0 Å². The fraction of sp³-hybridized carbons (Fsp3) is 0.938. The summed E-state index contributed by atoms with van der Waals surface area (Å²) in [7, 11) is 0. The van der Waals surface area contributed by atoms with Crippen molar-refractivity contribution in [1.29, 1.82) is 0 Å². The molecule has 0 aromatic rings. The number of amides is 1. The van der Waals surface area contributed by atoms with Crippen LogP contribution in [-0.4, -0.2) is 49.7 Å². The molecule has 0 radical (unpaired) electrons. The number of hydrogen-bond acceptors (Lipinski definition) is 3. The van der Waals surface area contributed by atoms with E-state index in [-0.39, 0.29) is 12.0 Å². The van der Waals surface area contributed by atoms with Crippen molar-refractivity contribution in [3.63, 3.8) is 0 Å². The summed E-state index contributed by atoms with van der Waals surface area (Å²) >= 11 is 0. The molecule has 1 saturated heterocycles. The van der Waals surface area contributed by atoms with E-state index in [0.717, 1.165) is 52.0 Å². The van der Waals surface area contributed by atoms with E-state index in [1.807, 2.05) is 0 Å². The summed E-state index contributed by atoms with van der Waals surface area (Å²) in [6, 6.07) is 0. The van der Waals surface area contributed by atoms with E-state index in [0.29, 0.717) is 11.3 Å². The molecule has 20 heavy (non-hydrogen) atoms. The largest absolute Gasteiger partial charge is 0.375 e. The summed E-state index contributed by atoms with van der Waals surface area (Å²) in [4.78, 5) is 14.2. The van der Waals surface area contributed by atoms with E-state index in [1.54, 1.807) is 0 Å². The summed E-state index contributed by atoms with van der Waals surface area (Å²) < 4.78 is 5.81. The number of ether oxygens (including phenoxy) is 1. The SMILES string of the molecule is CC(C)(C)CN1CCO[C@H](CCNC(=O)C2CCC2)C1. The molecule has 4 heteroatoms. The minimum atomic E-state index is 0.249. The Bertz CT molecular complexity index is 321. The molecular formula is C16H30N2O2. The molecule has 0 spiro atoms. The van der Waals surface area contributed by atoms with Crippen LogP contribution in [0.1, 0.15) is 46.5 Å². The highest BCUT2D eigenvalue weighted by Gasteiger charge is 2.26. The van der Waals surface area contributed by atoms with Crippen LogP contribution in [-0.2, 0) is 9.53 Å². The monoisotopic (exact) mass is 282 g/mol. The lowest BCUT2D eigenvalue weighted by Crippen LogP contribution is -2.46. The van der Waals surface area contributed by atoms with E-state index in [2.05, 4.69) is 31.0 Å². The summed E-state index contributed by atoms with van der Waals surface area (Å²) in [6.45, 7) is 11.5. The molecule has 2 fully saturated rings. The van der Waals surface area contributed by atoms with Crippen molar-refractivity contribution in [2.75, 3.05) is 32.8 Å². The van der Waals surface area contributed by atoms with E-state index in [1.165, 1.54) is 6.42 Å². The zero-order chi connectivity index (χ0) is 14.6. The molecule has 1 aliphatic heterocycles. The van der Waals surface area contributed by atoms with Crippen molar-refractivity contribution in [2.45, 2.75) is 52.6 Å². The molecule has 2 rings (SSSR count). The maximum Gasteiger partial charge on any atom is 0.223 e. The van der Waals surface area contributed by atoms with Gasteiger partial charge in [0.2, 0.25) is 5.91 Å². The molecule has 1 atom stereocenters. The van der Waals surface area contributed by atoms with Crippen LogP contribution in [0.3, 0.4) is 0 Å². The van der Waals surface area contributed by atoms with Crippen LogP contribution in [0.2, 0.25) is 0 Å². The molecule has 2 aliphatic rings. The van der Waals surface area contributed by atoms with E-state index >= 15 is 0 Å². The van der Waals surface area contributed by atoms with Crippen LogP contribution in [0.15, 0.2) is 0 Å². The highest BCUT2D eigenvalue weighted by Crippen LogP contribution is 2.26. The first-order valence-corrected chi connectivity index (χ1v) is 8.06. The molecule has 116 valence electrons. The van der Waals surface area contributed by atoms with E-state index in [4.69, 9.17) is 4.74 Å². The van der Waals surface area contributed by atoms with Crippen LogP contribution in [0.5, 0.6) is 0 Å². The van der Waals surface area contributed by atoms with Gasteiger partial charge >= 0.3 is 0 Å². The molecule has 1 aliphatic carbocycles. The molecule has 0 aromatic carbocycles. The molecular weight excluding hydrogens is 252 g/mol. The van der Waals surface area contributed by atoms with Gasteiger partial charge in [-0.15, -0.1) is 0 Å². The van der Waals surface area contributed by atoms with Gasteiger partial charge in [0, 0.05) is 32.1 Å². The molecule has 0 unspecified atom stereocenters. The summed E-state index contributed by atoms with van der Waals surface area (Å²) in [5.41, 5.74) is 0.334. The third kappa shape index (κ3) is 5.06. The van der Waals surface area contributed by atoms with Crippen molar-refractivity contribution >= 4 is 5.91 Å². The minimum Gasteiger partial charge on any atom is -0.375 e. The highest BCUT2D eigenvalue weighted by atomic mass is 16.5. The van der Waals surface area contributed by atoms with Crippen molar-refractivity contribution in [2.24, 2.45) is 11.3 Å². The Hall–Kier alpha value is -0.610. The van der Waals surface area contributed by atoms with Gasteiger partial charge in [0.15, 0.2) is 0 Å². The Kier molecular flexibility index (Phi) is 5.44. The quantitative estimate of drug-likeness (QED) is 0.839.